The molecular weight excluding hydrogens is 367 g/mol. The first kappa shape index (κ1) is 21.9. The van der Waals surface area contributed by atoms with Crippen molar-refractivity contribution in [2.24, 2.45) is 5.73 Å². The normalized spacial score (nSPS) is 11.5. The first-order valence-electron chi connectivity index (χ1n) is 7.70. The molecule has 0 saturated heterocycles. The number of carbonyl (C=O) groups is 1. The van der Waals surface area contributed by atoms with E-state index in [0.29, 0.717) is 22.7 Å². The highest BCUT2D eigenvalue weighted by Gasteiger charge is 2.30. The van der Waals surface area contributed by atoms with Crippen LogP contribution >= 0.6 is 11.6 Å². The average Bonchev–Trinajstić information content (AvgIpc) is 2.53. The summed E-state index contributed by atoms with van der Waals surface area (Å²) >= 11 is 5.87. The molecule has 0 aliphatic heterocycles. The Balaban J connectivity index is 0.000000314. The number of nitrogens with zero attached hydrogens (tertiary/aromatic N) is 1. The Morgan fingerprint density at radius 3 is 2.15 bits per heavy atom. The van der Waals surface area contributed by atoms with Crippen molar-refractivity contribution in [1.29, 1.82) is 0 Å². The van der Waals surface area contributed by atoms with Crippen LogP contribution in [0.25, 0.3) is 0 Å². The van der Waals surface area contributed by atoms with E-state index < -0.39 is 17.6 Å². The molecule has 1 aromatic carbocycles. The molecule has 8 heteroatoms. The highest BCUT2D eigenvalue weighted by molar-refractivity contribution is 6.31. The molecule has 0 atom stereocenters. The van der Waals surface area contributed by atoms with Gasteiger partial charge in [0.2, 0.25) is 5.91 Å². The molecule has 1 amide bonds. The Labute approximate surface area is 155 Å². The molecule has 0 saturated carbocycles. The summed E-state index contributed by atoms with van der Waals surface area (Å²) in [7, 11) is 0. The standard InChI is InChI=1S/C12H15ClF3N.C6H6N2O/c1-11(2,3)17-7-8-6-9(12(14,15)16)4-5-10(8)13;7-6(9)5-1-3-8-4-2-5/h4-6,17H,7H2,1-3H3;1-4H,(H2,7,9). The highest BCUT2D eigenvalue weighted by atomic mass is 35.5. The summed E-state index contributed by atoms with van der Waals surface area (Å²) in [6, 6.07) is 6.50. The number of benzene rings is 1. The van der Waals surface area contributed by atoms with E-state index in [2.05, 4.69) is 10.3 Å². The maximum atomic E-state index is 12.5. The van der Waals surface area contributed by atoms with Gasteiger partial charge in [0.05, 0.1) is 5.56 Å². The van der Waals surface area contributed by atoms with Crippen LogP contribution < -0.4 is 11.1 Å². The molecular formula is C18H21ClF3N3O. The number of rotatable bonds is 3. The van der Waals surface area contributed by atoms with Gasteiger partial charge in [0.15, 0.2) is 0 Å². The molecule has 3 N–H and O–H groups in total. The Hall–Kier alpha value is -2.12. The molecule has 0 spiro atoms. The molecule has 0 aliphatic rings. The topological polar surface area (TPSA) is 68.0 Å². The smallest absolute Gasteiger partial charge is 0.366 e. The van der Waals surface area contributed by atoms with Gasteiger partial charge in [-0.15, -0.1) is 0 Å². The summed E-state index contributed by atoms with van der Waals surface area (Å²) in [6.45, 7) is 6.13. The van der Waals surface area contributed by atoms with Gasteiger partial charge < -0.3 is 11.1 Å². The van der Waals surface area contributed by atoms with Crippen LogP contribution in [0.5, 0.6) is 0 Å². The number of alkyl halides is 3. The van der Waals surface area contributed by atoms with Crippen LogP contribution in [0.1, 0.15) is 42.3 Å². The van der Waals surface area contributed by atoms with Gasteiger partial charge in [-0.2, -0.15) is 13.2 Å². The number of primary amides is 1. The lowest BCUT2D eigenvalue weighted by Gasteiger charge is -2.21. The van der Waals surface area contributed by atoms with Crippen LogP contribution in [0, 0.1) is 0 Å². The molecule has 2 aromatic rings. The van der Waals surface area contributed by atoms with Crippen LogP contribution in [-0.4, -0.2) is 16.4 Å². The van der Waals surface area contributed by atoms with Crippen molar-refractivity contribution < 1.29 is 18.0 Å². The molecule has 0 unspecified atom stereocenters. The molecule has 0 fully saturated rings. The zero-order valence-electron chi connectivity index (χ0n) is 14.7. The van der Waals surface area contributed by atoms with E-state index in [9.17, 15) is 18.0 Å². The van der Waals surface area contributed by atoms with Crippen LogP contribution in [0.2, 0.25) is 5.02 Å². The van der Waals surface area contributed by atoms with Gasteiger partial charge in [-0.05, 0) is 56.7 Å². The van der Waals surface area contributed by atoms with Crippen molar-refractivity contribution in [3.63, 3.8) is 0 Å². The van der Waals surface area contributed by atoms with Crippen LogP contribution in [-0.2, 0) is 12.7 Å². The van der Waals surface area contributed by atoms with Gasteiger partial charge in [0, 0.05) is 35.1 Å². The maximum absolute atomic E-state index is 12.5. The summed E-state index contributed by atoms with van der Waals surface area (Å²) in [6.07, 6.45) is -1.28. The number of carbonyl (C=O) groups excluding carboxylic acids is 1. The number of halogens is 4. The third-order valence-corrected chi connectivity index (χ3v) is 3.52. The Kier molecular flexibility index (Phi) is 7.59. The third kappa shape index (κ3) is 7.84. The van der Waals surface area contributed by atoms with E-state index >= 15 is 0 Å². The fraction of sp³-hybridized carbons (Fsp3) is 0.333. The second-order valence-corrected chi connectivity index (χ2v) is 6.91. The third-order valence-electron chi connectivity index (χ3n) is 3.15. The number of aromatic nitrogens is 1. The molecule has 1 aromatic heterocycles. The highest BCUT2D eigenvalue weighted by Crippen LogP contribution is 2.31. The first-order valence-corrected chi connectivity index (χ1v) is 8.08. The zero-order valence-corrected chi connectivity index (χ0v) is 15.4. The van der Waals surface area contributed by atoms with E-state index in [1.54, 1.807) is 12.1 Å². The summed E-state index contributed by atoms with van der Waals surface area (Å²) in [5, 5.41) is 3.45. The van der Waals surface area contributed by atoms with E-state index in [1.807, 2.05) is 20.8 Å². The fourth-order valence-corrected chi connectivity index (χ4v) is 1.95. The SMILES string of the molecule is CC(C)(C)NCc1cc(C(F)(F)F)ccc1Cl.NC(=O)c1ccncc1. The quantitative estimate of drug-likeness (QED) is 0.818. The minimum Gasteiger partial charge on any atom is -0.366 e. The Morgan fingerprint density at radius 2 is 1.73 bits per heavy atom. The number of hydrogen-bond acceptors (Lipinski definition) is 3. The van der Waals surface area contributed by atoms with E-state index in [-0.39, 0.29) is 5.54 Å². The van der Waals surface area contributed by atoms with Crippen LogP contribution in [0.4, 0.5) is 13.2 Å². The van der Waals surface area contributed by atoms with Gasteiger partial charge in [-0.25, -0.2) is 0 Å². The monoisotopic (exact) mass is 387 g/mol. The zero-order chi connectivity index (χ0) is 20.0. The Bertz CT molecular complexity index is 729. The number of nitrogens with two attached hydrogens (primary N) is 1. The van der Waals surface area contributed by atoms with Crippen molar-refractivity contribution in [2.75, 3.05) is 0 Å². The van der Waals surface area contributed by atoms with Gasteiger partial charge in [-0.1, -0.05) is 11.6 Å². The molecule has 2 rings (SSSR count). The lowest BCUT2D eigenvalue weighted by atomic mass is 10.1. The first-order chi connectivity index (χ1) is 11.9. The molecule has 1 heterocycles. The summed E-state index contributed by atoms with van der Waals surface area (Å²) in [4.78, 5) is 14.1. The lowest BCUT2D eigenvalue weighted by molar-refractivity contribution is -0.137. The summed E-state index contributed by atoms with van der Waals surface area (Å²) in [5.74, 6) is -0.419. The van der Waals surface area contributed by atoms with E-state index in [0.717, 1.165) is 12.1 Å². The van der Waals surface area contributed by atoms with E-state index in [1.165, 1.54) is 18.5 Å². The molecule has 142 valence electrons. The molecule has 0 radical (unpaired) electrons. The summed E-state index contributed by atoms with van der Waals surface area (Å²) in [5.41, 5.74) is 5.05. The second-order valence-electron chi connectivity index (χ2n) is 6.51. The predicted octanol–water partition coefficient (Wildman–Crippen LogP) is 4.43. The van der Waals surface area contributed by atoms with Crippen molar-refractivity contribution in [2.45, 2.75) is 39.0 Å². The van der Waals surface area contributed by atoms with Gasteiger partial charge >= 0.3 is 6.18 Å². The molecule has 26 heavy (non-hydrogen) atoms. The molecule has 0 bridgehead atoms. The van der Waals surface area contributed by atoms with Gasteiger partial charge in [0.1, 0.15) is 0 Å². The lowest BCUT2D eigenvalue weighted by Crippen LogP contribution is -2.35. The fourth-order valence-electron chi connectivity index (χ4n) is 1.76. The van der Waals surface area contributed by atoms with Crippen LogP contribution in [0.15, 0.2) is 42.7 Å². The molecule has 4 nitrogen and oxygen atoms in total. The van der Waals surface area contributed by atoms with Crippen molar-refractivity contribution in [1.82, 2.24) is 10.3 Å². The predicted molar refractivity (Wildman–Crippen MR) is 95.8 cm³/mol. The van der Waals surface area contributed by atoms with Gasteiger partial charge in [-0.3, -0.25) is 9.78 Å². The number of pyridine rings is 1. The minimum atomic E-state index is -4.33. The molecule has 0 aliphatic carbocycles. The van der Waals surface area contributed by atoms with Crippen molar-refractivity contribution >= 4 is 17.5 Å². The van der Waals surface area contributed by atoms with Crippen molar-refractivity contribution in [3.05, 3.63) is 64.4 Å². The van der Waals surface area contributed by atoms with Crippen LogP contribution in [0.3, 0.4) is 0 Å². The summed E-state index contributed by atoms with van der Waals surface area (Å²) < 4.78 is 37.5. The Morgan fingerprint density at radius 1 is 1.15 bits per heavy atom. The average molecular weight is 388 g/mol. The number of hydrogen-bond donors (Lipinski definition) is 2. The largest absolute Gasteiger partial charge is 0.416 e. The number of nitrogens with one attached hydrogen (secondary N) is 1. The number of amides is 1. The maximum Gasteiger partial charge on any atom is 0.416 e. The minimum absolute atomic E-state index is 0.169. The van der Waals surface area contributed by atoms with Crippen molar-refractivity contribution in [3.8, 4) is 0 Å². The second kappa shape index (κ2) is 9.00. The van der Waals surface area contributed by atoms with Gasteiger partial charge in [0.25, 0.3) is 0 Å². The van der Waals surface area contributed by atoms with E-state index in [4.69, 9.17) is 17.3 Å².